The van der Waals surface area contributed by atoms with E-state index in [1.54, 1.807) is 18.2 Å². The van der Waals surface area contributed by atoms with Crippen LogP contribution in [-0.2, 0) is 19.9 Å². The molecule has 1 heterocycles. The Balaban J connectivity index is 1.91. The number of halogens is 1. The monoisotopic (exact) mass is 439 g/mol. The lowest BCUT2D eigenvalue weighted by Gasteiger charge is -2.17. The number of sulfonamides is 1. The van der Waals surface area contributed by atoms with Gasteiger partial charge in [-0.2, -0.15) is 0 Å². The SMILES string of the molecule is Cc1ccc(S(=O)(=O)C(CNS(=O)(=O)c2ccc(Cl)cc2)c2ccco2)cc1. The second-order valence-electron chi connectivity index (χ2n) is 6.17. The summed E-state index contributed by atoms with van der Waals surface area (Å²) in [4.78, 5) is 0.0769. The second kappa shape index (κ2) is 8.08. The number of sulfone groups is 1. The van der Waals surface area contributed by atoms with E-state index in [2.05, 4.69) is 4.72 Å². The van der Waals surface area contributed by atoms with E-state index in [-0.39, 0.29) is 22.1 Å². The number of nitrogens with one attached hydrogen (secondary N) is 1. The first-order valence-corrected chi connectivity index (χ1v) is 11.7. The van der Waals surface area contributed by atoms with Gasteiger partial charge in [0.25, 0.3) is 0 Å². The molecular formula is C19H18ClNO5S2. The van der Waals surface area contributed by atoms with Crippen molar-refractivity contribution in [1.82, 2.24) is 4.72 Å². The van der Waals surface area contributed by atoms with Crippen molar-refractivity contribution in [2.75, 3.05) is 6.54 Å². The molecule has 148 valence electrons. The molecule has 1 atom stereocenters. The minimum Gasteiger partial charge on any atom is -0.468 e. The average Bonchev–Trinajstić information content (AvgIpc) is 3.16. The van der Waals surface area contributed by atoms with E-state index >= 15 is 0 Å². The lowest BCUT2D eigenvalue weighted by Crippen LogP contribution is -2.31. The number of hydrogen-bond donors (Lipinski definition) is 1. The van der Waals surface area contributed by atoms with E-state index < -0.39 is 25.1 Å². The van der Waals surface area contributed by atoms with Crippen molar-refractivity contribution < 1.29 is 21.3 Å². The van der Waals surface area contributed by atoms with Crippen LogP contribution in [0.15, 0.2) is 81.1 Å². The molecule has 1 aromatic heterocycles. The summed E-state index contributed by atoms with van der Waals surface area (Å²) < 4.78 is 59.0. The van der Waals surface area contributed by atoms with Crippen molar-refractivity contribution in [3.63, 3.8) is 0 Å². The maximum atomic E-state index is 13.1. The van der Waals surface area contributed by atoms with Crippen LogP contribution in [0.25, 0.3) is 0 Å². The normalized spacial score (nSPS) is 13.4. The standard InChI is InChI=1S/C19H18ClNO5S2/c1-14-4-8-16(9-5-14)27(22,23)19(18-3-2-12-26-18)13-21-28(24,25)17-10-6-15(20)7-11-17/h2-12,19,21H,13H2,1H3. The van der Waals surface area contributed by atoms with Gasteiger partial charge in [-0.15, -0.1) is 0 Å². The Labute approximate surface area is 169 Å². The number of hydrogen-bond acceptors (Lipinski definition) is 5. The van der Waals surface area contributed by atoms with E-state index in [1.807, 2.05) is 6.92 Å². The van der Waals surface area contributed by atoms with Crippen molar-refractivity contribution in [3.8, 4) is 0 Å². The lowest BCUT2D eigenvalue weighted by atomic mass is 10.2. The minimum atomic E-state index is -3.93. The highest BCUT2D eigenvalue weighted by molar-refractivity contribution is 7.92. The molecule has 0 aliphatic carbocycles. The molecule has 28 heavy (non-hydrogen) atoms. The van der Waals surface area contributed by atoms with E-state index in [4.69, 9.17) is 16.0 Å². The molecule has 0 radical (unpaired) electrons. The van der Waals surface area contributed by atoms with Crippen molar-refractivity contribution in [1.29, 1.82) is 0 Å². The van der Waals surface area contributed by atoms with Gasteiger partial charge in [0.1, 0.15) is 11.0 Å². The van der Waals surface area contributed by atoms with Crippen LogP contribution in [0.2, 0.25) is 5.02 Å². The number of benzene rings is 2. The van der Waals surface area contributed by atoms with Crippen molar-refractivity contribution in [3.05, 3.63) is 83.3 Å². The van der Waals surface area contributed by atoms with Gasteiger partial charge in [0.05, 0.1) is 16.1 Å². The Hall–Kier alpha value is -2.13. The number of furan rings is 1. The topological polar surface area (TPSA) is 93.5 Å². The lowest BCUT2D eigenvalue weighted by molar-refractivity contribution is 0.486. The van der Waals surface area contributed by atoms with Gasteiger partial charge in [0, 0.05) is 11.6 Å². The van der Waals surface area contributed by atoms with Gasteiger partial charge in [0.15, 0.2) is 9.84 Å². The van der Waals surface area contributed by atoms with E-state index in [0.29, 0.717) is 5.02 Å². The maximum absolute atomic E-state index is 13.1. The summed E-state index contributed by atoms with van der Waals surface area (Å²) in [5.41, 5.74) is 0.914. The highest BCUT2D eigenvalue weighted by Gasteiger charge is 2.32. The molecule has 0 bridgehead atoms. The molecule has 0 spiro atoms. The third-order valence-corrected chi connectivity index (χ3v) is 7.94. The fourth-order valence-corrected chi connectivity index (χ4v) is 5.48. The van der Waals surface area contributed by atoms with Gasteiger partial charge < -0.3 is 4.42 Å². The van der Waals surface area contributed by atoms with Crippen LogP contribution in [0, 0.1) is 6.92 Å². The quantitative estimate of drug-likeness (QED) is 0.605. The van der Waals surface area contributed by atoms with Crippen LogP contribution in [0.1, 0.15) is 16.6 Å². The summed E-state index contributed by atoms with van der Waals surface area (Å²) in [6.45, 7) is 1.47. The Bertz CT molecular complexity index is 1140. The Kier molecular flexibility index (Phi) is 5.95. The van der Waals surface area contributed by atoms with E-state index in [0.717, 1.165) is 5.56 Å². The molecule has 1 N–H and O–H groups in total. The smallest absolute Gasteiger partial charge is 0.240 e. The van der Waals surface area contributed by atoms with Crippen molar-refractivity contribution >= 4 is 31.5 Å². The zero-order valence-electron chi connectivity index (χ0n) is 14.9. The summed E-state index contributed by atoms with van der Waals surface area (Å²) in [6, 6.07) is 15.0. The Morgan fingerprint density at radius 2 is 1.54 bits per heavy atom. The molecule has 2 aromatic carbocycles. The summed E-state index contributed by atoms with van der Waals surface area (Å²) in [5.74, 6) is 0.152. The summed E-state index contributed by atoms with van der Waals surface area (Å²) in [5, 5.41) is -0.818. The third kappa shape index (κ3) is 4.47. The molecule has 0 fully saturated rings. The maximum Gasteiger partial charge on any atom is 0.240 e. The molecule has 0 amide bonds. The zero-order chi connectivity index (χ0) is 20.4. The highest BCUT2D eigenvalue weighted by atomic mass is 35.5. The minimum absolute atomic E-state index is 0.0113. The van der Waals surface area contributed by atoms with E-state index in [9.17, 15) is 16.8 Å². The first-order chi connectivity index (χ1) is 13.2. The molecule has 0 aliphatic heterocycles. The van der Waals surface area contributed by atoms with Gasteiger partial charge in [0.2, 0.25) is 10.0 Å². The van der Waals surface area contributed by atoms with Crippen LogP contribution in [-0.4, -0.2) is 23.4 Å². The predicted molar refractivity (Wildman–Crippen MR) is 106 cm³/mol. The molecule has 3 rings (SSSR count). The van der Waals surface area contributed by atoms with Crippen LogP contribution in [0.3, 0.4) is 0 Å². The zero-order valence-corrected chi connectivity index (χ0v) is 17.3. The molecule has 3 aromatic rings. The van der Waals surface area contributed by atoms with Gasteiger partial charge in [-0.05, 0) is 55.5 Å². The summed E-state index contributed by atoms with van der Waals surface area (Å²) in [7, 11) is -7.82. The second-order valence-corrected chi connectivity index (χ2v) is 10.5. The molecular weight excluding hydrogens is 422 g/mol. The van der Waals surface area contributed by atoms with Gasteiger partial charge in [-0.3, -0.25) is 0 Å². The largest absolute Gasteiger partial charge is 0.468 e. The highest BCUT2D eigenvalue weighted by Crippen LogP contribution is 2.29. The molecule has 1 unspecified atom stereocenters. The fourth-order valence-electron chi connectivity index (χ4n) is 2.61. The van der Waals surface area contributed by atoms with E-state index in [1.165, 1.54) is 48.7 Å². The summed E-state index contributed by atoms with van der Waals surface area (Å²) >= 11 is 5.79. The van der Waals surface area contributed by atoms with Crippen molar-refractivity contribution in [2.45, 2.75) is 22.0 Å². The van der Waals surface area contributed by atoms with Gasteiger partial charge in [-0.25, -0.2) is 21.6 Å². The van der Waals surface area contributed by atoms with Crippen molar-refractivity contribution in [2.24, 2.45) is 0 Å². The van der Waals surface area contributed by atoms with Crippen LogP contribution in [0.4, 0.5) is 0 Å². The predicted octanol–water partition coefficient (Wildman–Crippen LogP) is 3.73. The molecule has 0 saturated heterocycles. The summed E-state index contributed by atoms with van der Waals surface area (Å²) in [6.07, 6.45) is 1.35. The average molecular weight is 440 g/mol. The first kappa shape index (κ1) is 20.6. The fraction of sp³-hybridized carbons (Fsp3) is 0.158. The number of aryl methyl sites for hydroxylation is 1. The molecule has 0 aliphatic rings. The van der Waals surface area contributed by atoms with Crippen LogP contribution in [0.5, 0.6) is 0 Å². The van der Waals surface area contributed by atoms with Gasteiger partial charge in [-0.1, -0.05) is 29.3 Å². The Morgan fingerprint density at radius 3 is 2.11 bits per heavy atom. The number of rotatable bonds is 7. The van der Waals surface area contributed by atoms with Crippen LogP contribution < -0.4 is 4.72 Å². The molecule has 0 saturated carbocycles. The molecule has 6 nitrogen and oxygen atoms in total. The first-order valence-electron chi connectivity index (χ1n) is 8.29. The van der Waals surface area contributed by atoms with Gasteiger partial charge >= 0.3 is 0 Å². The van der Waals surface area contributed by atoms with Crippen LogP contribution >= 0.6 is 11.6 Å². The Morgan fingerprint density at radius 1 is 0.929 bits per heavy atom. The third-order valence-electron chi connectivity index (χ3n) is 4.17. The molecule has 9 heteroatoms.